The summed E-state index contributed by atoms with van der Waals surface area (Å²) in [7, 11) is 0. The highest BCUT2D eigenvalue weighted by molar-refractivity contribution is 6.42. The maximum atomic E-state index is 6.12. The molecule has 1 fully saturated rings. The van der Waals surface area contributed by atoms with Crippen LogP contribution < -0.4 is 0 Å². The molecule has 0 unspecified atom stereocenters. The molecule has 0 saturated carbocycles. The molecule has 1 saturated heterocycles. The van der Waals surface area contributed by atoms with E-state index in [1.807, 2.05) is 12.1 Å². The summed E-state index contributed by atoms with van der Waals surface area (Å²) >= 11 is 12.1. The van der Waals surface area contributed by atoms with E-state index in [4.69, 9.17) is 23.2 Å². The van der Waals surface area contributed by atoms with Crippen molar-refractivity contribution in [2.45, 2.75) is 38.6 Å². The Hall–Kier alpha value is -0.730. The molecule has 130 valence electrons. The minimum Gasteiger partial charge on any atom is -0.299 e. The molecule has 1 aliphatic heterocycles. The first-order valence-corrected chi connectivity index (χ1v) is 9.17. The van der Waals surface area contributed by atoms with Crippen molar-refractivity contribution in [2.24, 2.45) is 0 Å². The van der Waals surface area contributed by atoms with Crippen LogP contribution in [0.2, 0.25) is 10.0 Å². The molecule has 0 spiro atoms. The van der Waals surface area contributed by atoms with Gasteiger partial charge in [-0.2, -0.15) is 0 Å². The van der Waals surface area contributed by atoms with Gasteiger partial charge in [0.2, 0.25) is 0 Å². The number of nitrogens with zero attached hydrogens (tertiary/aromatic N) is 1. The van der Waals surface area contributed by atoms with E-state index in [1.165, 1.54) is 24.0 Å². The lowest BCUT2D eigenvalue weighted by Crippen LogP contribution is -2.32. The molecule has 1 nitrogen and oxygen atoms in total. The third-order valence-electron chi connectivity index (χ3n) is 4.85. The van der Waals surface area contributed by atoms with Gasteiger partial charge in [0.25, 0.3) is 0 Å². The highest BCUT2D eigenvalue weighted by Crippen LogP contribution is 2.31. The Morgan fingerprint density at radius 3 is 2.38 bits per heavy atom. The maximum Gasteiger partial charge on any atom is 0.0595 e. The van der Waals surface area contributed by atoms with Crippen molar-refractivity contribution < 1.29 is 0 Å². The third-order valence-corrected chi connectivity index (χ3v) is 5.59. The van der Waals surface area contributed by atoms with Crippen LogP contribution in [0.4, 0.5) is 0 Å². The smallest absolute Gasteiger partial charge is 0.0595 e. The molecule has 0 atom stereocenters. The fraction of sp³-hybridized carbons (Fsp3) is 0.400. The normalized spacial score (nSPS) is 16.0. The molecule has 0 aromatic heterocycles. The monoisotopic (exact) mass is 383 g/mol. The van der Waals surface area contributed by atoms with E-state index in [9.17, 15) is 0 Å². The van der Waals surface area contributed by atoms with Crippen LogP contribution in [0.3, 0.4) is 0 Å². The fourth-order valence-corrected chi connectivity index (χ4v) is 3.87. The number of halogens is 3. The highest BCUT2D eigenvalue weighted by Gasteiger charge is 2.22. The molecule has 4 heteroatoms. The summed E-state index contributed by atoms with van der Waals surface area (Å²) in [5, 5.41) is 1.28. The van der Waals surface area contributed by atoms with Crippen molar-refractivity contribution >= 4 is 35.6 Å². The quantitative estimate of drug-likeness (QED) is 0.593. The Morgan fingerprint density at radius 2 is 1.71 bits per heavy atom. The topological polar surface area (TPSA) is 3.24 Å². The second-order valence-electron chi connectivity index (χ2n) is 6.35. The summed E-state index contributed by atoms with van der Waals surface area (Å²) in [6.07, 6.45) is 3.59. The molecule has 3 rings (SSSR count). The van der Waals surface area contributed by atoms with Gasteiger partial charge in [-0.05, 0) is 67.1 Å². The van der Waals surface area contributed by atoms with Crippen LogP contribution in [0.15, 0.2) is 42.5 Å². The van der Waals surface area contributed by atoms with Crippen LogP contribution in [-0.4, -0.2) is 18.0 Å². The van der Waals surface area contributed by atoms with Crippen LogP contribution in [-0.2, 0) is 13.0 Å². The average molecular weight is 385 g/mol. The van der Waals surface area contributed by atoms with Gasteiger partial charge >= 0.3 is 0 Å². The van der Waals surface area contributed by atoms with Gasteiger partial charge in [0.15, 0.2) is 0 Å². The van der Waals surface area contributed by atoms with Crippen molar-refractivity contribution in [2.75, 3.05) is 13.1 Å². The molecular weight excluding hydrogens is 361 g/mol. The van der Waals surface area contributed by atoms with E-state index < -0.39 is 0 Å². The predicted octanol–water partition coefficient (Wildman–Crippen LogP) is 6.36. The van der Waals surface area contributed by atoms with E-state index in [0.29, 0.717) is 16.0 Å². The fourth-order valence-electron chi connectivity index (χ4n) is 3.55. The number of piperidine rings is 1. The van der Waals surface area contributed by atoms with Gasteiger partial charge in [-0.3, -0.25) is 4.90 Å². The number of likely N-dealkylation sites (tertiary alicyclic amines) is 1. The molecule has 2 aromatic carbocycles. The van der Waals surface area contributed by atoms with Gasteiger partial charge in [0.05, 0.1) is 10.0 Å². The van der Waals surface area contributed by atoms with E-state index in [-0.39, 0.29) is 12.4 Å². The first-order chi connectivity index (χ1) is 11.2. The average Bonchev–Trinajstić information content (AvgIpc) is 2.59. The number of hydrogen-bond donors (Lipinski definition) is 0. The lowest BCUT2D eigenvalue weighted by atomic mass is 9.86. The van der Waals surface area contributed by atoms with Crippen LogP contribution >= 0.6 is 35.6 Å². The third kappa shape index (κ3) is 4.67. The molecule has 1 heterocycles. The van der Waals surface area contributed by atoms with Gasteiger partial charge in [0, 0.05) is 6.54 Å². The molecule has 0 radical (unpaired) electrons. The second-order valence-corrected chi connectivity index (χ2v) is 7.17. The summed E-state index contributed by atoms with van der Waals surface area (Å²) in [5.74, 6) is 0.705. The number of benzene rings is 2. The first-order valence-electron chi connectivity index (χ1n) is 8.41. The minimum absolute atomic E-state index is 0. The van der Waals surface area contributed by atoms with Gasteiger partial charge < -0.3 is 0 Å². The summed E-state index contributed by atoms with van der Waals surface area (Å²) in [5.41, 5.74) is 4.31. The van der Waals surface area contributed by atoms with Crippen molar-refractivity contribution in [3.05, 3.63) is 69.2 Å². The van der Waals surface area contributed by atoms with Gasteiger partial charge in [0.1, 0.15) is 0 Å². The molecule has 0 bridgehead atoms. The molecule has 1 aliphatic rings. The Kier molecular flexibility index (Phi) is 7.43. The largest absolute Gasteiger partial charge is 0.299 e. The second kappa shape index (κ2) is 9.10. The zero-order valence-corrected chi connectivity index (χ0v) is 16.3. The highest BCUT2D eigenvalue weighted by atomic mass is 35.5. The molecule has 2 aromatic rings. The summed E-state index contributed by atoms with van der Waals surface area (Å²) in [4.78, 5) is 2.52. The standard InChI is InChI=1S/C20H23Cl2N.ClH/c1-2-16-5-3-4-6-18(16)17-9-11-23(12-10-17)14-15-7-8-19(21)20(22)13-15;/h3-8,13,17H,2,9-12,14H2,1H3;1H. The maximum absolute atomic E-state index is 6.12. The Morgan fingerprint density at radius 1 is 1.00 bits per heavy atom. The number of hydrogen-bond acceptors (Lipinski definition) is 1. The summed E-state index contributed by atoms with van der Waals surface area (Å²) in [6, 6.07) is 14.9. The molecule has 0 amide bonds. The van der Waals surface area contributed by atoms with Crippen molar-refractivity contribution in [3.63, 3.8) is 0 Å². The zero-order chi connectivity index (χ0) is 16.2. The molecule has 0 N–H and O–H groups in total. The summed E-state index contributed by atoms with van der Waals surface area (Å²) < 4.78 is 0. The van der Waals surface area contributed by atoms with Crippen LogP contribution in [0.5, 0.6) is 0 Å². The van der Waals surface area contributed by atoms with Gasteiger partial charge in [-0.1, -0.05) is 60.5 Å². The van der Waals surface area contributed by atoms with Gasteiger partial charge in [-0.25, -0.2) is 0 Å². The zero-order valence-electron chi connectivity index (χ0n) is 14.0. The first kappa shape index (κ1) is 19.6. The number of aryl methyl sites for hydroxylation is 1. The lowest BCUT2D eigenvalue weighted by Gasteiger charge is -2.33. The molecule has 0 aliphatic carbocycles. The minimum atomic E-state index is 0. The van der Waals surface area contributed by atoms with Crippen LogP contribution in [0.25, 0.3) is 0 Å². The predicted molar refractivity (Wildman–Crippen MR) is 107 cm³/mol. The summed E-state index contributed by atoms with van der Waals surface area (Å²) in [6.45, 7) is 5.49. The van der Waals surface area contributed by atoms with Crippen LogP contribution in [0, 0.1) is 0 Å². The van der Waals surface area contributed by atoms with Crippen molar-refractivity contribution in [3.8, 4) is 0 Å². The Labute approximate surface area is 161 Å². The van der Waals surface area contributed by atoms with E-state index in [2.05, 4.69) is 42.2 Å². The van der Waals surface area contributed by atoms with Crippen LogP contribution in [0.1, 0.15) is 42.4 Å². The lowest BCUT2D eigenvalue weighted by molar-refractivity contribution is 0.204. The van der Waals surface area contributed by atoms with Crippen molar-refractivity contribution in [1.29, 1.82) is 0 Å². The van der Waals surface area contributed by atoms with Crippen molar-refractivity contribution in [1.82, 2.24) is 4.90 Å². The Balaban J connectivity index is 0.00000208. The van der Waals surface area contributed by atoms with E-state index in [0.717, 1.165) is 26.1 Å². The molecular formula is C20H24Cl3N. The molecule has 24 heavy (non-hydrogen) atoms. The van der Waals surface area contributed by atoms with Gasteiger partial charge in [-0.15, -0.1) is 12.4 Å². The van der Waals surface area contributed by atoms with E-state index in [1.54, 1.807) is 5.56 Å². The number of rotatable bonds is 4. The van der Waals surface area contributed by atoms with E-state index >= 15 is 0 Å². The Bertz CT molecular complexity index is 664. The SMILES string of the molecule is CCc1ccccc1C1CCN(Cc2ccc(Cl)c(Cl)c2)CC1.Cl.